The standard InChI is InChI=1S/C30H22N6O2/c37-27-15-13-19-7-1-3-9-21(19)25(27)17-31-33-29-23-11-5-6-12-24(23)30(36-35-29)34-32-18-26-22-10-4-2-8-20(22)14-16-28(26)38/h1-18,37-38H,(H,33,35)(H,34,36)/b31-17-,32-18-. The van der Waals surface area contributed by atoms with Crippen LogP contribution in [0.3, 0.4) is 0 Å². The van der Waals surface area contributed by atoms with E-state index in [0.29, 0.717) is 22.1 Å². The number of hydrogen-bond donors (Lipinski definition) is 4. The molecule has 0 aliphatic heterocycles. The molecule has 0 aliphatic carbocycles. The number of nitrogens with one attached hydrogen (secondary N) is 2. The number of fused-ring (bicyclic) bond motifs is 3. The highest BCUT2D eigenvalue weighted by Gasteiger charge is 2.05. The van der Waals surface area contributed by atoms with Crippen molar-refractivity contribution >= 4 is 44.7 Å². The monoisotopic (exact) mass is 498 g/mol. The normalized spacial score (nSPS) is 13.1. The third-order valence-corrected chi connectivity index (χ3v) is 6.32. The molecule has 0 aliphatic rings. The summed E-state index contributed by atoms with van der Waals surface area (Å²) in [6.45, 7) is 0. The molecular weight excluding hydrogens is 476 g/mol. The fraction of sp³-hybridized carbons (Fsp3) is 0. The summed E-state index contributed by atoms with van der Waals surface area (Å²) in [5.41, 5.74) is 2.17. The van der Waals surface area contributed by atoms with Crippen molar-refractivity contribution in [1.29, 1.82) is 0 Å². The minimum atomic E-state index is 0.132. The van der Waals surface area contributed by atoms with Gasteiger partial charge in [-0.2, -0.15) is 10.2 Å². The van der Waals surface area contributed by atoms with Crippen molar-refractivity contribution in [3.05, 3.63) is 119 Å². The predicted molar refractivity (Wildman–Crippen MR) is 150 cm³/mol. The zero-order valence-corrected chi connectivity index (χ0v) is 20.1. The Bertz CT molecular complexity index is 1870. The van der Waals surface area contributed by atoms with Gasteiger partial charge in [-0.3, -0.25) is 10.2 Å². The van der Waals surface area contributed by atoms with E-state index in [1.165, 1.54) is 0 Å². The highest BCUT2D eigenvalue weighted by atomic mass is 16.3. The van der Waals surface area contributed by atoms with Gasteiger partial charge in [0.1, 0.15) is 11.5 Å². The molecule has 5 aromatic carbocycles. The summed E-state index contributed by atoms with van der Waals surface area (Å²) in [5.74, 6) is 0.264. The molecular formula is C30H22N6O2. The lowest BCUT2D eigenvalue weighted by atomic mass is 10.0. The number of rotatable bonds is 4. The average molecular weight is 499 g/mol. The molecule has 0 fully saturated rings. The van der Waals surface area contributed by atoms with E-state index in [1.807, 2.05) is 84.9 Å². The second-order valence-corrected chi connectivity index (χ2v) is 8.62. The van der Waals surface area contributed by atoms with E-state index in [9.17, 15) is 10.2 Å². The molecule has 6 rings (SSSR count). The van der Waals surface area contributed by atoms with Crippen molar-refractivity contribution in [3.63, 3.8) is 0 Å². The third-order valence-electron chi connectivity index (χ3n) is 6.32. The van der Waals surface area contributed by atoms with Gasteiger partial charge < -0.3 is 10.2 Å². The SMILES string of the molecule is Oc1ccc2ccccc2c1/C=N\N=c1\[nH][nH]/c(=N/N=C\c2c(O)ccc3ccccc23)c2ccccc12. The number of nitrogens with zero attached hydrogens (tertiary/aromatic N) is 4. The quantitative estimate of drug-likeness (QED) is 0.200. The number of aromatic hydroxyl groups is 2. The Morgan fingerprint density at radius 1 is 0.474 bits per heavy atom. The van der Waals surface area contributed by atoms with Gasteiger partial charge in [0, 0.05) is 21.9 Å². The Labute approximate surface area is 216 Å². The van der Waals surface area contributed by atoms with Gasteiger partial charge in [-0.05, 0) is 33.7 Å². The topological polar surface area (TPSA) is 121 Å². The van der Waals surface area contributed by atoms with Crippen LogP contribution in [0.15, 0.2) is 117 Å². The molecule has 0 saturated heterocycles. The van der Waals surface area contributed by atoms with E-state index >= 15 is 0 Å². The van der Waals surface area contributed by atoms with Crippen LogP contribution in [0.2, 0.25) is 0 Å². The number of phenolic OH excluding ortho intramolecular Hbond substituents is 2. The molecule has 8 heteroatoms. The van der Waals surface area contributed by atoms with Crippen LogP contribution in [0.25, 0.3) is 32.3 Å². The minimum absolute atomic E-state index is 0.132. The van der Waals surface area contributed by atoms with Crippen LogP contribution in [0, 0.1) is 0 Å². The Morgan fingerprint density at radius 2 is 0.868 bits per heavy atom. The van der Waals surface area contributed by atoms with Crippen LogP contribution in [0.5, 0.6) is 11.5 Å². The smallest absolute Gasteiger partial charge is 0.175 e. The summed E-state index contributed by atoms with van der Waals surface area (Å²) in [4.78, 5) is 0. The number of benzene rings is 5. The first kappa shape index (κ1) is 22.9. The van der Waals surface area contributed by atoms with Gasteiger partial charge >= 0.3 is 0 Å². The van der Waals surface area contributed by atoms with Gasteiger partial charge in [0.25, 0.3) is 0 Å². The van der Waals surface area contributed by atoms with Gasteiger partial charge in [-0.25, -0.2) is 0 Å². The zero-order chi connectivity index (χ0) is 25.9. The van der Waals surface area contributed by atoms with E-state index in [0.717, 1.165) is 32.3 Å². The maximum Gasteiger partial charge on any atom is 0.175 e. The summed E-state index contributed by atoms with van der Waals surface area (Å²) in [7, 11) is 0. The number of H-pyrrole nitrogens is 2. The first-order valence-electron chi connectivity index (χ1n) is 11.9. The van der Waals surface area contributed by atoms with Crippen molar-refractivity contribution in [3.8, 4) is 11.5 Å². The number of phenols is 2. The molecule has 1 aromatic heterocycles. The largest absolute Gasteiger partial charge is 0.507 e. The van der Waals surface area contributed by atoms with E-state index in [4.69, 9.17) is 0 Å². The van der Waals surface area contributed by atoms with Crippen molar-refractivity contribution in [2.75, 3.05) is 0 Å². The van der Waals surface area contributed by atoms with Gasteiger partial charge in [-0.15, -0.1) is 10.2 Å². The zero-order valence-electron chi connectivity index (χ0n) is 20.1. The molecule has 0 saturated carbocycles. The van der Waals surface area contributed by atoms with Crippen LogP contribution in [0.1, 0.15) is 11.1 Å². The first-order chi connectivity index (χ1) is 18.7. The van der Waals surface area contributed by atoms with Crippen LogP contribution >= 0.6 is 0 Å². The van der Waals surface area contributed by atoms with Gasteiger partial charge in [0.2, 0.25) is 0 Å². The summed E-state index contributed by atoms with van der Waals surface area (Å²) in [6, 6.07) is 30.2. The van der Waals surface area contributed by atoms with Gasteiger partial charge in [0.15, 0.2) is 11.0 Å². The van der Waals surface area contributed by atoms with Crippen molar-refractivity contribution in [2.24, 2.45) is 20.4 Å². The summed E-state index contributed by atoms with van der Waals surface area (Å²) < 4.78 is 0. The second-order valence-electron chi connectivity index (χ2n) is 8.62. The molecule has 4 N–H and O–H groups in total. The lowest BCUT2D eigenvalue weighted by Gasteiger charge is -2.04. The maximum atomic E-state index is 10.4. The summed E-state index contributed by atoms with van der Waals surface area (Å²) in [5, 5.41) is 49.3. The lowest BCUT2D eigenvalue weighted by molar-refractivity contribution is 0.475. The van der Waals surface area contributed by atoms with Crippen molar-refractivity contribution in [2.45, 2.75) is 0 Å². The number of aromatic nitrogens is 2. The Morgan fingerprint density at radius 3 is 1.32 bits per heavy atom. The molecule has 6 aromatic rings. The van der Waals surface area contributed by atoms with E-state index in [-0.39, 0.29) is 11.5 Å². The number of aromatic amines is 2. The Hall–Kier alpha value is -5.50. The second kappa shape index (κ2) is 9.87. The predicted octanol–water partition coefficient (Wildman–Crippen LogP) is 5.08. The highest BCUT2D eigenvalue weighted by Crippen LogP contribution is 2.26. The van der Waals surface area contributed by atoms with Crippen LogP contribution in [-0.4, -0.2) is 32.8 Å². The highest BCUT2D eigenvalue weighted by molar-refractivity contribution is 6.03. The number of hydrogen-bond acceptors (Lipinski definition) is 6. The maximum absolute atomic E-state index is 10.4. The van der Waals surface area contributed by atoms with Crippen molar-refractivity contribution in [1.82, 2.24) is 10.2 Å². The molecule has 0 unspecified atom stereocenters. The molecule has 0 spiro atoms. The molecule has 0 amide bonds. The molecule has 0 atom stereocenters. The van der Waals surface area contributed by atoms with Crippen LogP contribution < -0.4 is 11.0 Å². The minimum Gasteiger partial charge on any atom is -0.507 e. The Balaban J connectivity index is 1.39. The molecule has 184 valence electrons. The lowest BCUT2D eigenvalue weighted by Crippen LogP contribution is -2.20. The molecule has 0 bridgehead atoms. The third kappa shape index (κ3) is 4.31. The fourth-order valence-electron chi connectivity index (χ4n) is 4.44. The molecule has 1 heterocycles. The van der Waals surface area contributed by atoms with Crippen LogP contribution in [0.4, 0.5) is 0 Å². The van der Waals surface area contributed by atoms with E-state index in [1.54, 1.807) is 24.6 Å². The van der Waals surface area contributed by atoms with E-state index in [2.05, 4.69) is 30.6 Å². The molecule has 38 heavy (non-hydrogen) atoms. The van der Waals surface area contributed by atoms with Gasteiger partial charge in [0.05, 0.1) is 12.4 Å². The Kier molecular flexibility index (Phi) is 5.95. The fourth-order valence-corrected chi connectivity index (χ4v) is 4.44. The summed E-state index contributed by atoms with van der Waals surface area (Å²) >= 11 is 0. The first-order valence-corrected chi connectivity index (χ1v) is 11.9. The van der Waals surface area contributed by atoms with Crippen LogP contribution in [-0.2, 0) is 0 Å². The molecule has 0 radical (unpaired) electrons. The van der Waals surface area contributed by atoms with Gasteiger partial charge in [-0.1, -0.05) is 84.9 Å². The van der Waals surface area contributed by atoms with Crippen molar-refractivity contribution < 1.29 is 10.2 Å². The van der Waals surface area contributed by atoms with E-state index < -0.39 is 0 Å². The average Bonchev–Trinajstić information content (AvgIpc) is 2.96. The summed E-state index contributed by atoms with van der Waals surface area (Å²) in [6.07, 6.45) is 3.08. The molecule has 8 nitrogen and oxygen atoms in total.